The SMILES string of the molecule is Cc1nc(C2CCCN2C(=O)c2cc(C)n(C)n2)no1. The number of likely N-dealkylation sites (tertiary alicyclic amines) is 1. The minimum atomic E-state index is -0.109. The first-order valence-corrected chi connectivity index (χ1v) is 6.68. The van der Waals surface area contributed by atoms with Crippen molar-refractivity contribution in [3.63, 3.8) is 0 Å². The van der Waals surface area contributed by atoms with Crippen molar-refractivity contribution >= 4 is 5.91 Å². The number of aromatic nitrogens is 4. The van der Waals surface area contributed by atoms with Crippen LogP contribution in [-0.4, -0.2) is 37.3 Å². The normalized spacial score (nSPS) is 18.8. The van der Waals surface area contributed by atoms with Crippen LogP contribution in [0.1, 0.15) is 46.8 Å². The van der Waals surface area contributed by atoms with Crippen molar-refractivity contribution in [3.05, 3.63) is 29.2 Å². The standard InChI is InChI=1S/C13H17N5O2/c1-8-7-10(15-17(8)3)13(19)18-6-4-5-11(18)12-14-9(2)20-16-12/h7,11H,4-6H2,1-3H3. The number of hydrogen-bond donors (Lipinski definition) is 0. The van der Waals surface area contributed by atoms with E-state index in [1.54, 1.807) is 22.6 Å². The highest BCUT2D eigenvalue weighted by molar-refractivity contribution is 5.92. The van der Waals surface area contributed by atoms with Gasteiger partial charge in [-0.1, -0.05) is 5.16 Å². The second-order valence-electron chi connectivity index (χ2n) is 5.12. The molecule has 7 heteroatoms. The second kappa shape index (κ2) is 4.73. The molecule has 1 amide bonds. The van der Waals surface area contributed by atoms with Gasteiger partial charge in [-0.15, -0.1) is 0 Å². The van der Waals surface area contributed by atoms with Crippen LogP contribution in [0.15, 0.2) is 10.6 Å². The molecule has 0 radical (unpaired) electrons. The summed E-state index contributed by atoms with van der Waals surface area (Å²) in [4.78, 5) is 18.6. The number of carbonyl (C=O) groups is 1. The van der Waals surface area contributed by atoms with E-state index in [0.717, 1.165) is 18.5 Å². The summed E-state index contributed by atoms with van der Waals surface area (Å²) in [6, 6.07) is 1.70. The monoisotopic (exact) mass is 275 g/mol. The zero-order chi connectivity index (χ0) is 14.3. The summed E-state index contributed by atoms with van der Waals surface area (Å²) < 4.78 is 6.72. The van der Waals surface area contributed by atoms with Gasteiger partial charge in [0.2, 0.25) is 5.89 Å². The van der Waals surface area contributed by atoms with Crippen LogP contribution in [0.5, 0.6) is 0 Å². The summed E-state index contributed by atoms with van der Waals surface area (Å²) in [7, 11) is 1.83. The zero-order valence-electron chi connectivity index (χ0n) is 11.8. The van der Waals surface area contributed by atoms with E-state index in [4.69, 9.17) is 4.52 Å². The van der Waals surface area contributed by atoms with E-state index in [-0.39, 0.29) is 11.9 Å². The van der Waals surface area contributed by atoms with Gasteiger partial charge in [0.1, 0.15) is 0 Å². The fraction of sp³-hybridized carbons (Fsp3) is 0.538. The van der Waals surface area contributed by atoms with Crippen LogP contribution in [0.25, 0.3) is 0 Å². The molecule has 1 saturated heterocycles. The zero-order valence-corrected chi connectivity index (χ0v) is 11.8. The molecule has 0 bridgehead atoms. The molecule has 2 aromatic rings. The molecule has 20 heavy (non-hydrogen) atoms. The van der Waals surface area contributed by atoms with Gasteiger partial charge in [0.15, 0.2) is 11.5 Å². The van der Waals surface area contributed by atoms with Crippen LogP contribution >= 0.6 is 0 Å². The molecule has 106 valence electrons. The molecular formula is C13H17N5O2. The highest BCUT2D eigenvalue weighted by Gasteiger charge is 2.34. The van der Waals surface area contributed by atoms with Crippen LogP contribution < -0.4 is 0 Å². The number of rotatable bonds is 2. The summed E-state index contributed by atoms with van der Waals surface area (Å²) in [6.45, 7) is 4.38. The van der Waals surface area contributed by atoms with E-state index in [1.807, 2.05) is 14.0 Å². The summed E-state index contributed by atoms with van der Waals surface area (Å²) in [6.07, 6.45) is 1.80. The first-order chi connectivity index (χ1) is 9.56. The molecule has 2 aromatic heterocycles. The van der Waals surface area contributed by atoms with E-state index in [1.165, 1.54) is 0 Å². The van der Waals surface area contributed by atoms with Crippen molar-refractivity contribution < 1.29 is 9.32 Å². The van der Waals surface area contributed by atoms with Gasteiger partial charge in [-0.25, -0.2) is 0 Å². The molecule has 3 heterocycles. The molecule has 0 aliphatic carbocycles. The van der Waals surface area contributed by atoms with Crippen molar-refractivity contribution in [2.45, 2.75) is 32.7 Å². The van der Waals surface area contributed by atoms with Gasteiger partial charge in [-0.05, 0) is 25.8 Å². The third kappa shape index (κ3) is 2.09. The smallest absolute Gasteiger partial charge is 0.274 e. The minimum absolute atomic E-state index is 0.0707. The summed E-state index contributed by atoms with van der Waals surface area (Å²) >= 11 is 0. The van der Waals surface area contributed by atoms with Crippen LogP contribution in [0.2, 0.25) is 0 Å². The van der Waals surface area contributed by atoms with Crippen LogP contribution in [0, 0.1) is 13.8 Å². The van der Waals surface area contributed by atoms with E-state index in [0.29, 0.717) is 24.0 Å². The lowest BCUT2D eigenvalue weighted by atomic mass is 10.2. The van der Waals surface area contributed by atoms with Crippen molar-refractivity contribution in [2.75, 3.05) is 6.54 Å². The molecule has 1 atom stereocenters. The molecule has 0 aromatic carbocycles. The number of amides is 1. The van der Waals surface area contributed by atoms with Crippen molar-refractivity contribution in [2.24, 2.45) is 7.05 Å². The average Bonchev–Trinajstić information content (AvgIpc) is 3.10. The van der Waals surface area contributed by atoms with Crippen molar-refractivity contribution in [1.29, 1.82) is 0 Å². The molecule has 1 aliphatic rings. The van der Waals surface area contributed by atoms with Crippen LogP contribution in [0.4, 0.5) is 0 Å². The Balaban J connectivity index is 1.86. The summed E-state index contributed by atoms with van der Waals surface area (Å²) in [5.41, 5.74) is 1.43. The number of aryl methyl sites for hydroxylation is 3. The second-order valence-corrected chi connectivity index (χ2v) is 5.12. The molecule has 1 fully saturated rings. The van der Waals surface area contributed by atoms with Crippen LogP contribution in [-0.2, 0) is 7.05 Å². The molecule has 1 unspecified atom stereocenters. The van der Waals surface area contributed by atoms with E-state index >= 15 is 0 Å². The fourth-order valence-corrected chi connectivity index (χ4v) is 2.54. The van der Waals surface area contributed by atoms with E-state index < -0.39 is 0 Å². The molecule has 0 N–H and O–H groups in total. The van der Waals surface area contributed by atoms with Crippen molar-refractivity contribution in [1.82, 2.24) is 24.8 Å². The lowest BCUT2D eigenvalue weighted by Crippen LogP contribution is -2.31. The maximum Gasteiger partial charge on any atom is 0.274 e. The van der Waals surface area contributed by atoms with Gasteiger partial charge < -0.3 is 9.42 Å². The Morgan fingerprint density at radius 1 is 1.45 bits per heavy atom. The molecular weight excluding hydrogens is 258 g/mol. The maximum atomic E-state index is 12.6. The predicted octanol–water partition coefficient (Wildman–Crippen LogP) is 1.40. The summed E-state index contributed by atoms with van der Waals surface area (Å²) in [5.74, 6) is 1.03. The first-order valence-electron chi connectivity index (χ1n) is 6.68. The van der Waals surface area contributed by atoms with Crippen LogP contribution in [0.3, 0.4) is 0 Å². The number of carbonyl (C=O) groups excluding carboxylic acids is 1. The average molecular weight is 275 g/mol. The van der Waals surface area contributed by atoms with Gasteiger partial charge in [-0.3, -0.25) is 9.48 Å². The highest BCUT2D eigenvalue weighted by Crippen LogP contribution is 2.31. The molecule has 0 spiro atoms. The Kier molecular flexibility index (Phi) is 3.04. The van der Waals surface area contributed by atoms with Gasteiger partial charge in [0, 0.05) is 26.2 Å². The first kappa shape index (κ1) is 12.8. The number of hydrogen-bond acceptors (Lipinski definition) is 5. The largest absolute Gasteiger partial charge is 0.340 e. The van der Waals surface area contributed by atoms with E-state index in [2.05, 4.69) is 15.2 Å². The fourth-order valence-electron chi connectivity index (χ4n) is 2.54. The Morgan fingerprint density at radius 2 is 2.25 bits per heavy atom. The Labute approximate surface area is 116 Å². The van der Waals surface area contributed by atoms with Crippen molar-refractivity contribution in [3.8, 4) is 0 Å². The highest BCUT2D eigenvalue weighted by atomic mass is 16.5. The van der Waals surface area contributed by atoms with E-state index in [9.17, 15) is 4.79 Å². The predicted molar refractivity (Wildman–Crippen MR) is 70.0 cm³/mol. The third-order valence-corrected chi connectivity index (χ3v) is 3.69. The van der Waals surface area contributed by atoms with Gasteiger partial charge in [0.05, 0.1) is 6.04 Å². The molecule has 1 aliphatic heterocycles. The Morgan fingerprint density at radius 3 is 2.85 bits per heavy atom. The topological polar surface area (TPSA) is 77.1 Å². The van der Waals surface area contributed by atoms with Gasteiger partial charge in [-0.2, -0.15) is 10.1 Å². The Hall–Kier alpha value is -2.18. The Bertz CT molecular complexity index is 625. The lowest BCUT2D eigenvalue weighted by Gasteiger charge is -2.20. The number of nitrogens with zero attached hydrogens (tertiary/aromatic N) is 5. The van der Waals surface area contributed by atoms with Gasteiger partial charge in [0.25, 0.3) is 5.91 Å². The molecule has 0 saturated carbocycles. The lowest BCUT2D eigenvalue weighted by molar-refractivity contribution is 0.0721. The quantitative estimate of drug-likeness (QED) is 0.828. The summed E-state index contributed by atoms with van der Waals surface area (Å²) in [5, 5.41) is 8.19. The minimum Gasteiger partial charge on any atom is -0.340 e. The third-order valence-electron chi connectivity index (χ3n) is 3.69. The molecule has 7 nitrogen and oxygen atoms in total. The maximum absolute atomic E-state index is 12.6. The van der Waals surface area contributed by atoms with Gasteiger partial charge >= 0.3 is 0 Å². The molecule has 3 rings (SSSR count).